The zero-order valence-corrected chi connectivity index (χ0v) is 14.9. The molecule has 0 fully saturated rings. The van der Waals surface area contributed by atoms with E-state index in [0.717, 1.165) is 0 Å². The molecule has 0 saturated heterocycles. The number of thioether (sulfide) groups is 1. The molecule has 2 rings (SSSR count). The lowest BCUT2D eigenvalue weighted by Crippen LogP contribution is -2.33. The van der Waals surface area contributed by atoms with Crippen LogP contribution in [0.3, 0.4) is 0 Å². The summed E-state index contributed by atoms with van der Waals surface area (Å²) in [6, 6.07) is 7.94. The van der Waals surface area contributed by atoms with Crippen molar-refractivity contribution in [1.29, 1.82) is 0 Å². The van der Waals surface area contributed by atoms with Crippen molar-refractivity contribution in [2.24, 2.45) is 0 Å². The second-order valence-electron chi connectivity index (χ2n) is 4.97. The fourth-order valence-electron chi connectivity index (χ4n) is 1.97. The number of amides is 1. The van der Waals surface area contributed by atoms with Crippen molar-refractivity contribution in [2.45, 2.75) is 23.7 Å². The Morgan fingerprint density at radius 1 is 1.35 bits per heavy atom. The second-order valence-corrected chi connectivity index (χ2v) is 7.17. The summed E-state index contributed by atoms with van der Waals surface area (Å²) in [6.07, 6.45) is 1.53. The van der Waals surface area contributed by atoms with Gasteiger partial charge >= 0.3 is 0 Å². The average Bonchev–Trinajstić information content (AvgIpc) is 2.52. The predicted molar refractivity (Wildman–Crippen MR) is 92.5 cm³/mol. The van der Waals surface area contributed by atoms with E-state index in [1.807, 2.05) is 0 Å². The van der Waals surface area contributed by atoms with Gasteiger partial charge in [-0.05, 0) is 31.2 Å². The Morgan fingerprint density at radius 3 is 2.70 bits per heavy atom. The number of carbonyl (C=O) groups excluding carboxylic acids is 1. The number of pyridine rings is 1. The first-order chi connectivity index (χ1) is 10.9. The highest BCUT2D eigenvalue weighted by atomic mass is 35.5. The Hall–Kier alpha value is -1.30. The highest BCUT2D eigenvalue weighted by molar-refractivity contribution is 8.00. The van der Waals surface area contributed by atoms with E-state index in [4.69, 9.17) is 23.2 Å². The van der Waals surface area contributed by atoms with Crippen LogP contribution in [0.4, 0.5) is 4.39 Å². The Bertz CT molecular complexity index is 677. The number of carbonyl (C=O) groups is 1. The molecule has 2 aromatic rings. The van der Waals surface area contributed by atoms with Crippen LogP contribution in [-0.4, -0.2) is 28.1 Å². The van der Waals surface area contributed by atoms with Crippen LogP contribution in [0.2, 0.25) is 10.0 Å². The fraction of sp³-hybridized carbons (Fsp3) is 0.250. The van der Waals surface area contributed by atoms with Gasteiger partial charge in [0.1, 0.15) is 5.82 Å². The quantitative estimate of drug-likeness (QED) is 0.715. The van der Waals surface area contributed by atoms with E-state index in [0.29, 0.717) is 20.6 Å². The van der Waals surface area contributed by atoms with Crippen LogP contribution in [0.5, 0.6) is 0 Å². The molecule has 7 heteroatoms. The highest BCUT2D eigenvalue weighted by Gasteiger charge is 2.21. The van der Waals surface area contributed by atoms with Crippen LogP contribution in [0.15, 0.2) is 41.6 Å². The molecular formula is C16H15Cl2FN2OS. The average molecular weight is 373 g/mol. The molecule has 23 heavy (non-hydrogen) atoms. The van der Waals surface area contributed by atoms with Gasteiger partial charge in [0.05, 0.1) is 15.3 Å². The zero-order valence-electron chi connectivity index (χ0n) is 12.6. The number of benzene rings is 1. The molecule has 0 aliphatic carbocycles. The normalized spacial score (nSPS) is 12.0. The van der Waals surface area contributed by atoms with E-state index in [-0.39, 0.29) is 17.7 Å². The number of halogens is 3. The summed E-state index contributed by atoms with van der Waals surface area (Å²) in [5.41, 5.74) is 0.312. The third kappa shape index (κ3) is 4.83. The maximum atomic E-state index is 13.8. The van der Waals surface area contributed by atoms with Crippen LogP contribution >= 0.6 is 35.0 Å². The molecule has 0 saturated carbocycles. The lowest BCUT2D eigenvalue weighted by Gasteiger charge is -2.21. The molecule has 1 aromatic carbocycles. The number of hydrogen-bond acceptors (Lipinski definition) is 3. The molecule has 1 aromatic heterocycles. The fourth-order valence-corrected chi connectivity index (χ4v) is 3.21. The van der Waals surface area contributed by atoms with Crippen molar-refractivity contribution >= 4 is 40.9 Å². The lowest BCUT2D eigenvalue weighted by molar-refractivity contribution is -0.129. The van der Waals surface area contributed by atoms with Gasteiger partial charge < -0.3 is 4.90 Å². The van der Waals surface area contributed by atoms with Crippen molar-refractivity contribution in [3.63, 3.8) is 0 Å². The Labute approximate surface area is 148 Å². The van der Waals surface area contributed by atoms with E-state index in [2.05, 4.69) is 4.98 Å². The Balaban J connectivity index is 2.02. The largest absolute Gasteiger partial charge is 0.340 e. The minimum absolute atomic E-state index is 0.114. The van der Waals surface area contributed by atoms with E-state index >= 15 is 0 Å². The van der Waals surface area contributed by atoms with Crippen LogP contribution < -0.4 is 0 Å². The molecule has 0 N–H and O–H groups in total. The third-order valence-corrected chi connectivity index (χ3v) is 4.79. The standard InChI is InChI=1S/C16H15Cl2FN2OS/c1-10(23-15-7-6-11(17)8-20-15)16(22)21(2)9-12-13(18)4-3-5-14(12)19/h3-8,10H,9H2,1-2H3. The van der Waals surface area contributed by atoms with E-state index in [1.165, 1.54) is 35.0 Å². The summed E-state index contributed by atoms with van der Waals surface area (Å²) in [5.74, 6) is -0.553. The third-order valence-electron chi connectivity index (χ3n) is 3.18. The monoisotopic (exact) mass is 372 g/mol. The van der Waals surface area contributed by atoms with Gasteiger partial charge in [0.25, 0.3) is 0 Å². The molecule has 0 aliphatic heterocycles. The van der Waals surface area contributed by atoms with Gasteiger partial charge in [-0.2, -0.15) is 0 Å². The molecule has 1 unspecified atom stereocenters. The molecule has 0 radical (unpaired) electrons. The summed E-state index contributed by atoms with van der Waals surface area (Å²) in [7, 11) is 1.62. The van der Waals surface area contributed by atoms with Crippen molar-refractivity contribution in [2.75, 3.05) is 7.05 Å². The van der Waals surface area contributed by atoms with Gasteiger partial charge in [-0.3, -0.25) is 4.79 Å². The first-order valence-electron chi connectivity index (χ1n) is 6.84. The molecule has 1 amide bonds. The lowest BCUT2D eigenvalue weighted by atomic mass is 10.2. The van der Waals surface area contributed by atoms with E-state index in [1.54, 1.807) is 32.2 Å². The SMILES string of the molecule is CC(Sc1ccc(Cl)cn1)C(=O)N(C)Cc1c(F)cccc1Cl. The number of hydrogen-bond donors (Lipinski definition) is 0. The molecule has 0 bridgehead atoms. The van der Waals surface area contributed by atoms with Crippen molar-refractivity contribution in [3.05, 3.63) is 58.0 Å². The Morgan fingerprint density at radius 2 is 2.09 bits per heavy atom. The smallest absolute Gasteiger partial charge is 0.235 e. The van der Waals surface area contributed by atoms with Crippen LogP contribution in [0, 0.1) is 5.82 Å². The number of nitrogens with zero attached hydrogens (tertiary/aromatic N) is 2. The van der Waals surface area contributed by atoms with Gasteiger partial charge in [0.15, 0.2) is 0 Å². The molecule has 0 spiro atoms. The summed E-state index contributed by atoms with van der Waals surface area (Å²) in [4.78, 5) is 18.0. The summed E-state index contributed by atoms with van der Waals surface area (Å²) < 4.78 is 13.8. The maximum Gasteiger partial charge on any atom is 0.235 e. The predicted octanol–water partition coefficient (Wildman–Crippen LogP) is 4.67. The topological polar surface area (TPSA) is 33.2 Å². The molecular weight excluding hydrogens is 358 g/mol. The van der Waals surface area contributed by atoms with E-state index < -0.39 is 5.82 Å². The zero-order chi connectivity index (χ0) is 17.0. The van der Waals surface area contributed by atoms with Gasteiger partial charge in [0, 0.05) is 30.4 Å². The summed E-state index contributed by atoms with van der Waals surface area (Å²) >= 11 is 13.1. The van der Waals surface area contributed by atoms with Crippen LogP contribution in [-0.2, 0) is 11.3 Å². The van der Waals surface area contributed by atoms with Crippen molar-refractivity contribution in [3.8, 4) is 0 Å². The maximum absolute atomic E-state index is 13.8. The van der Waals surface area contributed by atoms with Gasteiger partial charge in [-0.1, -0.05) is 41.0 Å². The Kier molecular flexibility index (Phi) is 6.27. The second kappa shape index (κ2) is 7.99. The minimum Gasteiger partial charge on any atom is -0.340 e. The van der Waals surface area contributed by atoms with E-state index in [9.17, 15) is 9.18 Å². The minimum atomic E-state index is -0.420. The molecule has 122 valence electrons. The van der Waals surface area contributed by atoms with Gasteiger partial charge in [-0.15, -0.1) is 0 Å². The molecule has 3 nitrogen and oxygen atoms in total. The van der Waals surface area contributed by atoms with Crippen molar-refractivity contribution in [1.82, 2.24) is 9.88 Å². The molecule has 0 aliphatic rings. The van der Waals surface area contributed by atoms with Gasteiger partial charge in [-0.25, -0.2) is 9.37 Å². The highest BCUT2D eigenvalue weighted by Crippen LogP contribution is 2.25. The summed E-state index contributed by atoms with van der Waals surface area (Å²) in [5, 5.41) is 1.19. The van der Waals surface area contributed by atoms with Crippen LogP contribution in [0.1, 0.15) is 12.5 Å². The van der Waals surface area contributed by atoms with Crippen LogP contribution in [0.25, 0.3) is 0 Å². The number of rotatable bonds is 5. The van der Waals surface area contributed by atoms with Gasteiger partial charge in [0.2, 0.25) is 5.91 Å². The molecule has 1 heterocycles. The van der Waals surface area contributed by atoms with Crippen molar-refractivity contribution < 1.29 is 9.18 Å². The molecule has 1 atom stereocenters. The first-order valence-corrected chi connectivity index (χ1v) is 8.48. The first kappa shape index (κ1) is 18.0. The number of aromatic nitrogens is 1. The summed E-state index contributed by atoms with van der Waals surface area (Å²) in [6.45, 7) is 1.89.